The molecule has 0 spiro atoms. The van der Waals surface area contributed by atoms with Crippen molar-refractivity contribution in [1.29, 1.82) is 0 Å². The van der Waals surface area contributed by atoms with Crippen molar-refractivity contribution < 1.29 is 14.3 Å². The van der Waals surface area contributed by atoms with Crippen LogP contribution in [0.15, 0.2) is 18.2 Å². The number of rotatable bonds is 2. The predicted octanol–water partition coefficient (Wildman–Crippen LogP) is 0.479. The van der Waals surface area contributed by atoms with Crippen molar-refractivity contribution in [3.8, 4) is 5.75 Å². The summed E-state index contributed by atoms with van der Waals surface area (Å²) in [7, 11) is 0. The van der Waals surface area contributed by atoms with Crippen LogP contribution in [0.2, 0.25) is 0 Å². The fourth-order valence-corrected chi connectivity index (χ4v) is 2.55. The van der Waals surface area contributed by atoms with Crippen molar-refractivity contribution in [2.24, 2.45) is 11.8 Å². The van der Waals surface area contributed by atoms with E-state index in [2.05, 4.69) is 10.6 Å². The quantitative estimate of drug-likeness (QED) is 0.700. The van der Waals surface area contributed by atoms with Gasteiger partial charge in [-0.2, -0.15) is 0 Å². The number of nitrogens with one attached hydrogen (secondary N) is 2. The van der Waals surface area contributed by atoms with Crippen molar-refractivity contribution in [1.82, 2.24) is 10.6 Å². The van der Waals surface area contributed by atoms with Gasteiger partial charge in [-0.15, -0.1) is 0 Å². The summed E-state index contributed by atoms with van der Waals surface area (Å²) in [5, 5.41) is 15.1. The molecule has 2 atom stereocenters. The number of phenolic OH excluding ortho intramolecular Hbond substituents is 1. The summed E-state index contributed by atoms with van der Waals surface area (Å²) >= 11 is 0. The second-order valence-corrected chi connectivity index (χ2v) is 4.65. The number of halogens is 1. The summed E-state index contributed by atoms with van der Waals surface area (Å²) in [4.78, 5) is 11.8. The molecule has 1 aliphatic carbocycles. The molecule has 17 heavy (non-hydrogen) atoms. The molecule has 90 valence electrons. The van der Waals surface area contributed by atoms with Crippen molar-refractivity contribution in [2.45, 2.75) is 6.04 Å². The van der Waals surface area contributed by atoms with Crippen molar-refractivity contribution >= 4 is 5.91 Å². The number of carbonyl (C=O) groups excluding carboxylic acids is 1. The maximum atomic E-state index is 13.4. The monoisotopic (exact) mass is 236 g/mol. The van der Waals surface area contributed by atoms with Crippen molar-refractivity contribution in [3.05, 3.63) is 29.6 Å². The molecular formula is C12H13FN2O2. The second-order valence-electron chi connectivity index (χ2n) is 4.65. The first-order valence-corrected chi connectivity index (χ1v) is 5.67. The summed E-state index contributed by atoms with van der Waals surface area (Å²) in [5.74, 6) is -0.266. The molecule has 1 heterocycles. The zero-order valence-corrected chi connectivity index (χ0v) is 9.11. The minimum absolute atomic E-state index is 0.0132. The van der Waals surface area contributed by atoms with Crippen LogP contribution in [0.3, 0.4) is 0 Å². The molecule has 1 aromatic carbocycles. The van der Waals surface area contributed by atoms with Crippen LogP contribution in [0, 0.1) is 17.7 Å². The third kappa shape index (κ3) is 1.76. The molecule has 2 unspecified atom stereocenters. The fraction of sp³-hybridized carbons (Fsp3) is 0.417. The molecule has 1 aromatic rings. The standard InChI is InChI=1S/C12H13FN2O2/c13-10-3-6(16)1-2-7(10)12(17)15-11-8-4-14-5-9(8)11/h1-3,8-9,11,14,16H,4-5H2,(H,15,17). The number of phenols is 1. The van der Waals surface area contributed by atoms with Gasteiger partial charge in [0.15, 0.2) is 0 Å². The van der Waals surface area contributed by atoms with Gasteiger partial charge >= 0.3 is 0 Å². The number of amides is 1. The van der Waals surface area contributed by atoms with Crippen LogP contribution in [0.25, 0.3) is 0 Å². The van der Waals surface area contributed by atoms with E-state index in [1.807, 2.05) is 0 Å². The van der Waals surface area contributed by atoms with Gasteiger partial charge in [-0.3, -0.25) is 4.79 Å². The highest BCUT2D eigenvalue weighted by Gasteiger charge is 2.53. The molecule has 0 bridgehead atoms. The number of hydrogen-bond acceptors (Lipinski definition) is 3. The van der Waals surface area contributed by atoms with Crippen LogP contribution in [-0.2, 0) is 0 Å². The molecule has 1 amide bonds. The summed E-state index contributed by atoms with van der Waals surface area (Å²) in [6.45, 7) is 1.85. The lowest BCUT2D eigenvalue weighted by atomic mass is 10.2. The minimum atomic E-state index is -0.688. The number of fused-ring (bicyclic) bond motifs is 1. The maximum absolute atomic E-state index is 13.4. The van der Waals surface area contributed by atoms with E-state index in [0.29, 0.717) is 11.8 Å². The molecule has 0 aromatic heterocycles. The molecule has 0 radical (unpaired) electrons. The van der Waals surface area contributed by atoms with Gasteiger partial charge in [-0.05, 0) is 24.0 Å². The van der Waals surface area contributed by atoms with Gasteiger partial charge in [0.05, 0.1) is 5.56 Å². The Balaban J connectivity index is 1.70. The Labute approximate surface area is 97.8 Å². The highest BCUT2D eigenvalue weighted by molar-refractivity contribution is 5.95. The lowest BCUT2D eigenvalue weighted by molar-refractivity contribution is 0.0942. The van der Waals surface area contributed by atoms with Crippen LogP contribution in [0.1, 0.15) is 10.4 Å². The fourth-order valence-electron chi connectivity index (χ4n) is 2.55. The molecular weight excluding hydrogens is 223 g/mol. The second kappa shape index (κ2) is 3.70. The highest BCUT2D eigenvalue weighted by Crippen LogP contribution is 2.41. The van der Waals surface area contributed by atoms with E-state index in [4.69, 9.17) is 5.11 Å². The lowest BCUT2D eigenvalue weighted by Gasteiger charge is -2.08. The third-order valence-electron chi connectivity index (χ3n) is 3.59. The third-order valence-corrected chi connectivity index (χ3v) is 3.59. The molecule has 1 aliphatic heterocycles. The predicted molar refractivity (Wildman–Crippen MR) is 59.2 cm³/mol. The molecule has 3 rings (SSSR count). The molecule has 2 aliphatic rings. The minimum Gasteiger partial charge on any atom is -0.508 e. The Morgan fingerprint density at radius 2 is 2.12 bits per heavy atom. The number of piperidine rings is 1. The Bertz CT molecular complexity index is 468. The largest absolute Gasteiger partial charge is 0.508 e. The van der Waals surface area contributed by atoms with Crippen molar-refractivity contribution in [2.75, 3.05) is 13.1 Å². The normalized spacial score (nSPS) is 29.8. The Morgan fingerprint density at radius 1 is 1.41 bits per heavy atom. The number of benzene rings is 1. The Hall–Kier alpha value is -1.62. The lowest BCUT2D eigenvalue weighted by Crippen LogP contribution is -2.32. The van der Waals surface area contributed by atoms with E-state index in [-0.39, 0.29) is 17.4 Å². The van der Waals surface area contributed by atoms with Crippen LogP contribution in [0.4, 0.5) is 4.39 Å². The van der Waals surface area contributed by atoms with Gasteiger partial charge < -0.3 is 15.7 Å². The topological polar surface area (TPSA) is 61.4 Å². The van der Waals surface area contributed by atoms with Crippen LogP contribution in [0.5, 0.6) is 5.75 Å². The van der Waals surface area contributed by atoms with E-state index >= 15 is 0 Å². The Kier molecular flexibility index (Phi) is 2.29. The van der Waals surface area contributed by atoms with Crippen molar-refractivity contribution in [3.63, 3.8) is 0 Å². The Morgan fingerprint density at radius 3 is 2.76 bits per heavy atom. The van der Waals surface area contributed by atoms with Gasteiger partial charge in [0.2, 0.25) is 0 Å². The van der Waals surface area contributed by atoms with E-state index in [1.165, 1.54) is 12.1 Å². The average Bonchev–Trinajstić information content (AvgIpc) is 2.74. The van der Waals surface area contributed by atoms with Crippen LogP contribution < -0.4 is 10.6 Å². The summed E-state index contributed by atoms with van der Waals surface area (Å²) < 4.78 is 13.4. The van der Waals surface area contributed by atoms with E-state index < -0.39 is 11.7 Å². The number of hydrogen-bond donors (Lipinski definition) is 3. The summed E-state index contributed by atoms with van der Waals surface area (Å²) in [5.41, 5.74) is -0.0132. The molecule has 1 saturated carbocycles. The molecule has 3 N–H and O–H groups in total. The first kappa shape index (κ1) is 10.5. The SMILES string of the molecule is O=C(NC1C2CNCC21)c1ccc(O)cc1F. The van der Waals surface area contributed by atoms with Gasteiger partial charge in [-0.25, -0.2) is 4.39 Å². The molecule has 4 nitrogen and oxygen atoms in total. The van der Waals surface area contributed by atoms with Gasteiger partial charge in [-0.1, -0.05) is 0 Å². The molecule has 5 heteroatoms. The van der Waals surface area contributed by atoms with E-state index in [1.54, 1.807) is 0 Å². The average molecular weight is 236 g/mol. The highest BCUT2D eigenvalue weighted by atomic mass is 19.1. The zero-order chi connectivity index (χ0) is 12.0. The van der Waals surface area contributed by atoms with Crippen LogP contribution >= 0.6 is 0 Å². The first-order valence-electron chi connectivity index (χ1n) is 5.67. The summed E-state index contributed by atoms with van der Waals surface area (Å²) in [6, 6.07) is 3.74. The smallest absolute Gasteiger partial charge is 0.254 e. The number of aromatic hydroxyl groups is 1. The maximum Gasteiger partial charge on any atom is 0.254 e. The molecule has 2 fully saturated rings. The van der Waals surface area contributed by atoms with Gasteiger partial charge in [0.1, 0.15) is 11.6 Å². The van der Waals surface area contributed by atoms with E-state index in [9.17, 15) is 9.18 Å². The van der Waals surface area contributed by atoms with Gasteiger partial charge in [0.25, 0.3) is 5.91 Å². The van der Waals surface area contributed by atoms with Gasteiger partial charge in [0, 0.05) is 25.2 Å². The summed E-state index contributed by atoms with van der Waals surface area (Å²) in [6.07, 6.45) is 0. The number of carbonyl (C=O) groups is 1. The first-order chi connectivity index (χ1) is 8.16. The van der Waals surface area contributed by atoms with Crippen LogP contribution in [-0.4, -0.2) is 30.1 Å². The molecule has 1 saturated heterocycles. The van der Waals surface area contributed by atoms with E-state index in [0.717, 1.165) is 19.2 Å². The zero-order valence-electron chi connectivity index (χ0n) is 9.11.